The van der Waals surface area contributed by atoms with Crippen molar-refractivity contribution in [2.75, 3.05) is 0 Å². The molecule has 1 aliphatic carbocycles. The first-order valence-corrected chi connectivity index (χ1v) is 7.44. The highest BCUT2D eigenvalue weighted by molar-refractivity contribution is 5.89. The first-order chi connectivity index (χ1) is 10.7. The number of nitriles is 1. The van der Waals surface area contributed by atoms with Gasteiger partial charge in [-0.25, -0.2) is 4.39 Å². The molecule has 0 unspecified atom stereocenters. The van der Waals surface area contributed by atoms with Gasteiger partial charge in [-0.2, -0.15) is 5.26 Å². The normalized spacial score (nSPS) is 15.7. The number of fused-ring (bicyclic) bond motifs is 1. The molecular formula is C19H15FN2. The van der Waals surface area contributed by atoms with Gasteiger partial charge in [-0.05, 0) is 50.1 Å². The second-order valence-corrected chi connectivity index (χ2v) is 5.98. The van der Waals surface area contributed by atoms with Crippen LogP contribution in [0.3, 0.4) is 0 Å². The quantitative estimate of drug-likeness (QED) is 0.676. The van der Waals surface area contributed by atoms with Crippen molar-refractivity contribution < 1.29 is 4.39 Å². The summed E-state index contributed by atoms with van der Waals surface area (Å²) in [5, 5.41) is 10.7. The largest absolute Gasteiger partial charge is 0.314 e. The van der Waals surface area contributed by atoms with Crippen LogP contribution in [-0.2, 0) is 5.41 Å². The van der Waals surface area contributed by atoms with Gasteiger partial charge in [0.05, 0.1) is 17.0 Å². The van der Waals surface area contributed by atoms with Crippen molar-refractivity contribution in [2.45, 2.75) is 25.2 Å². The Bertz CT molecular complexity index is 909. The summed E-state index contributed by atoms with van der Waals surface area (Å²) >= 11 is 0. The van der Waals surface area contributed by atoms with E-state index in [1.54, 1.807) is 12.1 Å². The van der Waals surface area contributed by atoms with Crippen molar-refractivity contribution in [1.82, 2.24) is 4.57 Å². The fourth-order valence-corrected chi connectivity index (χ4v) is 3.44. The van der Waals surface area contributed by atoms with Gasteiger partial charge in [-0.15, -0.1) is 0 Å². The van der Waals surface area contributed by atoms with Gasteiger partial charge in [0.15, 0.2) is 0 Å². The molecular weight excluding hydrogens is 275 g/mol. The Kier molecular flexibility index (Phi) is 2.65. The third-order valence-electron chi connectivity index (χ3n) is 4.64. The number of hydrogen-bond acceptors (Lipinski definition) is 1. The molecule has 0 N–H and O–H groups in total. The van der Waals surface area contributed by atoms with Crippen LogP contribution in [0.5, 0.6) is 0 Å². The van der Waals surface area contributed by atoms with Crippen molar-refractivity contribution >= 4 is 10.9 Å². The Morgan fingerprint density at radius 3 is 2.41 bits per heavy atom. The second-order valence-electron chi connectivity index (χ2n) is 5.98. The van der Waals surface area contributed by atoms with E-state index in [4.69, 9.17) is 0 Å². The molecule has 0 atom stereocenters. The van der Waals surface area contributed by atoms with Gasteiger partial charge in [0.25, 0.3) is 0 Å². The second kappa shape index (κ2) is 4.45. The molecule has 22 heavy (non-hydrogen) atoms. The lowest BCUT2D eigenvalue weighted by molar-refractivity contribution is 0.627. The first-order valence-electron chi connectivity index (χ1n) is 7.44. The lowest BCUT2D eigenvalue weighted by atomic mass is 9.94. The minimum absolute atomic E-state index is 0.242. The molecule has 1 fully saturated rings. The van der Waals surface area contributed by atoms with Crippen molar-refractivity contribution in [3.05, 3.63) is 65.6 Å². The van der Waals surface area contributed by atoms with Crippen LogP contribution in [0.1, 0.15) is 24.1 Å². The van der Waals surface area contributed by atoms with E-state index in [-0.39, 0.29) is 11.2 Å². The molecule has 0 radical (unpaired) electrons. The minimum Gasteiger partial charge on any atom is -0.314 e. The van der Waals surface area contributed by atoms with E-state index in [1.807, 2.05) is 12.1 Å². The number of nitrogens with zero attached hydrogens (tertiary/aromatic N) is 2. The maximum absolute atomic E-state index is 13.2. The van der Waals surface area contributed by atoms with E-state index in [0.717, 1.165) is 40.7 Å². The van der Waals surface area contributed by atoms with Gasteiger partial charge in [0.2, 0.25) is 0 Å². The van der Waals surface area contributed by atoms with E-state index >= 15 is 0 Å². The minimum atomic E-state index is -0.338. The maximum Gasteiger partial charge on any atom is 0.123 e. The average Bonchev–Trinajstić information content (AvgIpc) is 3.26. The van der Waals surface area contributed by atoms with Crippen molar-refractivity contribution in [3.63, 3.8) is 0 Å². The number of aromatic nitrogens is 1. The predicted octanol–water partition coefficient (Wildman–Crippen LogP) is 4.63. The van der Waals surface area contributed by atoms with E-state index in [2.05, 4.69) is 29.7 Å². The lowest BCUT2D eigenvalue weighted by Gasteiger charge is -2.10. The highest BCUT2D eigenvalue weighted by Gasteiger charge is 2.48. The van der Waals surface area contributed by atoms with Crippen LogP contribution in [0.2, 0.25) is 0 Å². The molecule has 1 aliphatic rings. The average molecular weight is 290 g/mol. The predicted molar refractivity (Wildman–Crippen MR) is 84.5 cm³/mol. The highest BCUT2D eigenvalue weighted by atomic mass is 19.1. The summed E-state index contributed by atoms with van der Waals surface area (Å²) in [6.07, 6.45) is 1.84. The standard InChI is InChI=1S/C19H15FN2/c1-13-18(19(12-21)10-11-19)16-4-2-3-5-17(16)22(13)15-8-6-14(20)7-9-15/h2-9H,10-11H2,1H3. The molecule has 0 amide bonds. The number of rotatable bonds is 2. The lowest BCUT2D eigenvalue weighted by Crippen LogP contribution is -2.05. The fraction of sp³-hybridized carbons (Fsp3) is 0.211. The van der Waals surface area contributed by atoms with Gasteiger partial charge in [-0.3, -0.25) is 0 Å². The number of hydrogen-bond donors (Lipinski definition) is 0. The van der Waals surface area contributed by atoms with Gasteiger partial charge >= 0.3 is 0 Å². The molecule has 3 aromatic rings. The van der Waals surface area contributed by atoms with Crippen LogP contribution in [0, 0.1) is 24.1 Å². The van der Waals surface area contributed by atoms with Crippen LogP contribution in [0.15, 0.2) is 48.5 Å². The van der Waals surface area contributed by atoms with E-state index in [1.165, 1.54) is 12.1 Å². The Morgan fingerprint density at radius 1 is 1.09 bits per heavy atom. The summed E-state index contributed by atoms with van der Waals surface area (Å²) in [6, 6.07) is 17.2. The van der Waals surface area contributed by atoms with E-state index in [0.29, 0.717) is 0 Å². The van der Waals surface area contributed by atoms with Gasteiger partial charge < -0.3 is 4.57 Å². The molecule has 1 saturated carbocycles. The zero-order valence-corrected chi connectivity index (χ0v) is 12.3. The van der Waals surface area contributed by atoms with Crippen molar-refractivity contribution in [1.29, 1.82) is 5.26 Å². The SMILES string of the molecule is Cc1c(C2(C#N)CC2)c2ccccc2n1-c1ccc(F)cc1. The van der Waals surface area contributed by atoms with Gasteiger partial charge in [-0.1, -0.05) is 18.2 Å². The summed E-state index contributed by atoms with van der Waals surface area (Å²) in [5.41, 5.74) is 3.87. The monoisotopic (exact) mass is 290 g/mol. The van der Waals surface area contributed by atoms with E-state index in [9.17, 15) is 9.65 Å². The summed E-state index contributed by atoms with van der Waals surface area (Å²) < 4.78 is 15.4. The van der Waals surface area contributed by atoms with Crippen LogP contribution in [0.25, 0.3) is 16.6 Å². The molecule has 0 bridgehead atoms. The zero-order chi connectivity index (χ0) is 15.3. The summed E-state index contributed by atoms with van der Waals surface area (Å²) in [5.74, 6) is -0.242. The zero-order valence-electron chi connectivity index (χ0n) is 12.3. The molecule has 4 rings (SSSR count). The molecule has 0 aliphatic heterocycles. The third kappa shape index (κ3) is 1.70. The maximum atomic E-state index is 13.2. The smallest absolute Gasteiger partial charge is 0.123 e. The molecule has 1 heterocycles. The Hall–Kier alpha value is -2.60. The summed E-state index contributed by atoms with van der Waals surface area (Å²) in [6.45, 7) is 2.05. The first kappa shape index (κ1) is 13.1. The molecule has 108 valence electrons. The van der Waals surface area contributed by atoms with Gasteiger partial charge in [0.1, 0.15) is 5.82 Å². The Labute approximate surface area is 128 Å². The van der Waals surface area contributed by atoms with Crippen LogP contribution < -0.4 is 0 Å². The van der Waals surface area contributed by atoms with Gasteiger partial charge in [0, 0.05) is 22.3 Å². The fourth-order valence-electron chi connectivity index (χ4n) is 3.44. The number of halogens is 1. The molecule has 1 aromatic heterocycles. The summed E-state index contributed by atoms with van der Waals surface area (Å²) in [4.78, 5) is 0. The third-order valence-corrected chi connectivity index (χ3v) is 4.64. The van der Waals surface area contributed by atoms with Crippen LogP contribution >= 0.6 is 0 Å². The molecule has 2 nitrogen and oxygen atoms in total. The van der Waals surface area contributed by atoms with Crippen LogP contribution in [0.4, 0.5) is 4.39 Å². The summed E-state index contributed by atoms with van der Waals surface area (Å²) in [7, 11) is 0. The van der Waals surface area contributed by atoms with Crippen LogP contribution in [-0.4, -0.2) is 4.57 Å². The number of benzene rings is 2. The molecule has 3 heteroatoms. The Morgan fingerprint density at radius 2 is 1.77 bits per heavy atom. The number of para-hydroxylation sites is 1. The highest BCUT2D eigenvalue weighted by Crippen LogP contribution is 2.52. The molecule has 0 saturated heterocycles. The molecule has 0 spiro atoms. The Balaban J connectivity index is 2.06. The van der Waals surface area contributed by atoms with Crippen molar-refractivity contribution in [3.8, 4) is 11.8 Å². The van der Waals surface area contributed by atoms with Crippen molar-refractivity contribution in [2.24, 2.45) is 0 Å². The van der Waals surface area contributed by atoms with E-state index < -0.39 is 0 Å². The topological polar surface area (TPSA) is 28.7 Å². The molecule has 2 aromatic carbocycles.